The van der Waals surface area contributed by atoms with E-state index in [1.54, 1.807) is 0 Å². The minimum Gasteiger partial charge on any atom is -0.462 e. The van der Waals surface area contributed by atoms with E-state index in [9.17, 15) is 9.59 Å². The van der Waals surface area contributed by atoms with Gasteiger partial charge in [0.2, 0.25) is 0 Å². The van der Waals surface area contributed by atoms with Crippen LogP contribution in [0.15, 0.2) is 24.3 Å². The number of carbonyl (C=O) groups excluding carboxylic acids is 2. The first-order valence-electron chi connectivity index (χ1n) is 25.9. The van der Waals surface area contributed by atoms with E-state index in [0.717, 1.165) is 44.9 Å². The van der Waals surface area contributed by atoms with Crippen LogP contribution in [0.4, 0.5) is 0 Å². The number of allylic oxidation sites excluding steroid dienone is 4. The zero-order chi connectivity index (χ0) is 42.1. The largest absolute Gasteiger partial charge is 0.462 e. The number of carbonyl (C=O) groups is 2. The van der Waals surface area contributed by atoms with Gasteiger partial charge in [0.05, 0.1) is 6.61 Å². The lowest BCUT2D eigenvalue weighted by atomic mass is 10.0. The Bertz CT molecular complexity index is 882. The number of hydrogen-bond acceptors (Lipinski definition) is 5. The van der Waals surface area contributed by atoms with Gasteiger partial charge in [0, 0.05) is 19.4 Å². The van der Waals surface area contributed by atoms with E-state index in [4.69, 9.17) is 14.2 Å². The third-order valence-corrected chi connectivity index (χ3v) is 11.5. The SMILES string of the molecule is CCCCC/C=C\C/C=C\CCCCCCCCCC(=O)OCC(COCCCCCCCCCCCCCCCCCCCC)OC(=O)CCCCCCCCC. The zero-order valence-corrected chi connectivity index (χ0v) is 39.3. The molecule has 0 fully saturated rings. The topological polar surface area (TPSA) is 61.8 Å². The van der Waals surface area contributed by atoms with Crippen LogP contribution in [0.5, 0.6) is 0 Å². The van der Waals surface area contributed by atoms with E-state index in [2.05, 4.69) is 45.1 Å². The molecule has 0 aromatic heterocycles. The fourth-order valence-electron chi connectivity index (χ4n) is 7.60. The number of rotatable bonds is 48. The summed E-state index contributed by atoms with van der Waals surface area (Å²) in [6.45, 7) is 7.81. The van der Waals surface area contributed by atoms with E-state index in [0.29, 0.717) is 26.1 Å². The van der Waals surface area contributed by atoms with Crippen LogP contribution in [-0.2, 0) is 23.8 Å². The summed E-state index contributed by atoms with van der Waals surface area (Å²) >= 11 is 0. The molecule has 5 nitrogen and oxygen atoms in total. The van der Waals surface area contributed by atoms with Crippen molar-refractivity contribution < 1.29 is 23.8 Å². The van der Waals surface area contributed by atoms with Crippen molar-refractivity contribution >= 4 is 11.9 Å². The molecule has 0 spiro atoms. The highest BCUT2D eigenvalue weighted by molar-refractivity contribution is 5.70. The maximum atomic E-state index is 12.7. The summed E-state index contributed by atoms with van der Waals surface area (Å²) in [7, 11) is 0. The highest BCUT2D eigenvalue weighted by Gasteiger charge is 2.17. The van der Waals surface area contributed by atoms with Crippen LogP contribution in [0.3, 0.4) is 0 Å². The molecule has 0 saturated heterocycles. The van der Waals surface area contributed by atoms with Crippen molar-refractivity contribution in [3.63, 3.8) is 0 Å². The van der Waals surface area contributed by atoms with E-state index in [1.807, 2.05) is 0 Å². The van der Waals surface area contributed by atoms with Crippen LogP contribution in [0.1, 0.15) is 278 Å². The molecule has 0 radical (unpaired) electrons. The summed E-state index contributed by atoms with van der Waals surface area (Å²) in [5.74, 6) is -0.396. The molecular weight excluding hydrogens is 717 g/mol. The molecule has 0 aromatic carbocycles. The van der Waals surface area contributed by atoms with Crippen LogP contribution in [0.2, 0.25) is 0 Å². The van der Waals surface area contributed by atoms with E-state index in [-0.39, 0.29) is 18.5 Å². The van der Waals surface area contributed by atoms with Crippen LogP contribution in [-0.4, -0.2) is 37.9 Å². The summed E-state index contributed by atoms with van der Waals surface area (Å²) in [4.78, 5) is 25.2. The lowest BCUT2D eigenvalue weighted by Crippen LogP contribution is -2.30. The third kappa shape index (κ3) is 47.1. The van der Waals surface area contributed by atoms with E-state index >= 15 is 0 Å². The monoisotopic (exact) mass is 817 g/mol. The molecule has 0 N–H and O–H groups in total. The van der Waals surface area contributed by atoms with Crippen molar-refractivity contribution in [2.24, 2.45) is 0 Å². The number of esters is 2. The molecule has 0 saturated carbocycles. The second kappa shape index (κ2) is 49.7. The maximum Gasteiger partial charge on any atom is 0.306 e. The van der Waals surface area contributed by atoms with Gasteiger partial charge in [-0.1, -0.05) is 238 Å². The molecule has 0 aliphatic heterocycles. The highest BCUT2D eigenvalue weighted by Crippen LogP contribution is 2.16. The third-order valence-electron chi connectivity index (χ3n) is 11.5. The van der Waals surface area contributed by atoms with Gasteiger partial charge < -0.3 is 14.2 Å². The van der Waals surface area contributed by atoms with Gasteiger partial charge >= 0.3 is 11.9 Å². The normalized spacial score (nSPS) is 12.3. The molecule has 0 aromatic rings. The Labute approximate surface area is 362 Å². The standard InChI is InChI=1S/C53H100O5/c1-4-7-10-13-16-18-20-22-24-26-28-30-32-34-36-39-42-45-48-56-49-51(58-53(55)47-44-41-37-15-12-9-6-3)50-57-52(54)46-43-40-38-35-33-31-29-27-25-23-21-19-17-14-11-8-5-2/h17,19,23,25,51H,4-16,18,20-22,24,26-50H2,1-3H3/b19-17-,25-23-. The Morgan fingerprint density at radius 1 is 0.379 bits per heavy atom. The molecular formula is C53H100O5. The predicted molar refractivity (Wildman–Crippen MR) is 252 cm³/mol. The van der Waals surface area contributed by atoms with Gasteiger partial charge in [0.15, 0.2) is 6.10 Å². The van der Waals surface area contributed by atoms with Crippen molar-refractivity contribution in [3.05, 3.63) is 24.3 Å². The first kappa shape index (κ1) is 56.4. The smallest absolute Gasteiger partial charge is 0.306 e. The lowest BCUT2D eigenvalue weighted by Gasteiger charge is -2.18. The van der Waals surface area contributed by atoms with E-state index in [1.165, 1.54) is 199 Å². The maximum absolute atomic E-state index is 12.7. The number of ether oxygens (including phenoxy) is 3. The molecule has 0 bridgehead atoms. The second-order valence-electron chi connectivity index (χ2n) is 17.4. The molecule has 0 aliphatic carbocycles. The summed E-state index contributed by atoms with van der Waals surface area (Å²) < 4.78 is 17.3. The molecule has 1 atom stereocenters. The Morgan fingerprint density at radius 3 is 1.17 bits per heavy atom. The molecule has 0 amide bonds. The number of unbranched alkanes of at least 4 members (excludes halogenated alkanes) is 33. The van der Waals surface area contributed by atoms with Gasteiger partial charge in [-0.3, -0.25) is 9.59 Å². The fourth-order valence-corrected chi connectivity index (χ4v) is 7.60. The van der Waals surface area contributed by atoms with Crippen molar-refractivity contribution in [1.82, 2.24) is 0 Å². The van der Waals surface area contributed by atoms with E-state index < -0.39 is 6.10 Å². The average molecular weight is 817 g/mol. The minimum atomic E-state index is -0.529. The molecule has 0 heterocycles. The zero-order valence-electron chi connectivity index (χ0n) is 39.3. The van der Waals surface area contributed by atoms with Gasteiger partial charge in [-0.05, 0) is 51.4 Å². The van der Waals surface area contributed by atoms with Crippen LogP contribution < -0.4 is 0 Å². The Morgan fingerprint density at radius 2 is 0.724 bits per heavy atom. The Hall–Kier alpha value is -1.62. The van der Waals surface area contributed by atoms with Crippen LogP contribution >= 0.6 is 0 Å². The summed E-state index contributed by atoms with van der Waals surface area (Å²) in [5.41, 5.74) is 0. The summed E-state index contributed by atoms with van der Waals surface area (Å²) in [6.07, 6.45) is 57.7. The van der Waals surface area contributed by atoms with Gasteiger partial charge in [-0.15, -0.1) is 0 Å². The quantitative estimate of drug-likeness (QED) is 0.0348. The van der Waals surface area contributed by atoms with Gasteiger partial charge in [0.1, 0.15) is 6.61 Å². The molecule has 342 valence electrons. The van der Waals surface area contributed by atoms with Crippen molar-refractivity contribution in [2.75, 3.05) is 19.8 Å². The average Bonchev–Trinajstić information content (AvgIpc) is 3.22. The van der Waals surface area contributed by atoms with Gasteiger partial charge in [-0.2, -0.15) is 0 Å². The molecule has 0 aliphatic rings. The minimum absolute atomic E-state index is 0.0877. The summed E-state index contributed by atoms with van der Waals surface area (Å²) in [6, 6.07) is 0. The molecule has 0 rings (SSSR count). The molecule has 58 heavy (non-hydrogen) atoms. The van der Waals surface area contributed by atoms with Crippen molar-refractivity contribution in [3.8, 4) is 0 Å². The predicted octanol–water partition coefficient (Wildman–Crippen LogP) is 17.2. The van der Waals surface area contributed by atoms with Gasteiger partial charge in [-0.25, -0.2) is 0 Å². The van der Waals surface area contributed by atoms with Crippen LogP contribution in [0.25, 0.3) is 0 Å². The van der Waals surface area contributed by atoms with Crippen molar-refractivity contribution in [2.45, 2.75) is 284 Å². The second-order valence-corrected chi connectivity index (χ2v) is 17.4. The Kier molecular flexibility index (Phi) is 48.4. The Balaban J connectivity index is 4.07. The summed E-state index contributed by atoms with van der Waals surface area (Å²) in [5, 5.41) is 0. The van der Waals surface area contributed by atoms with Crippen molar-refractivity contribution in [1.29, 1.82) is 0 Å². The van der Waals surface area contributed by atoms with Crippen LogP contribution in [0, 0.1) is 0 Å². The first-order chi connectivity index (χ1) is 28.6. The molecule has 1 unspecified atom stereocenters. The first-order valence-corrected chi connectivity index (χ1v) is 25.9. The lowest BCUT2D eigenvalue weighted by molar-refractivity contribution is -0.163. The number of hydrogen-bond donors (Lipinski definition) is 0. The molecule has 5 heteroatoms. The highest BCUT2D eigenvalue weighted by atomic mass is 16.6. The van der Waals surface area contributed by atoms with Gasteiger partial charge in [0.25, 0.3) is 0 Å². The fraction of sp³-hybridized carbons (Fsp3) is 0.887.